The van der Waals surface area contributed by atoms with Crippen molar-refractivity contribution in [1.82, 2.24) is 20.3 Å². The summed E-state index contributed by atoms with van der Waals surface area (Å²) in [5.41, 5.74) is 1.91. The molecule has 1 aromatic rings. The monoisotopic (exact) mass is 340 g/mol. The molecule has 4 rings (SSSR count). The van der Waals surface area contributed by atoms with Crippen molar-refractivity contribution >= 4 is 17.6 Å². The first kappa shape index (κ1) is 16.1. The number of rotatable bonds is 6. The minimum absolute atomic E-state index is 0.0218. The van der Waals surface area contributed by atoms with Crippen LogP contribution < -0.4 is 10.6 Å². The molecule has 1 amide bonds. The average molecular weight is 340 g/mol. The van der Waals surface area contributed by atoms with E-state index in [-0.39, 0.29) is 18.0 Å². The summed E-state index contributed by atoms with van der Waals surface area (Å²) >= 11 is 0. The molecule has 0 aromatic carbocycles. The van der Waals surface area contributed by atoms with Crippen LogP contribution in [-0.2, 0) is 4.79 Å². The number of allylic oxidation sites excluding steroid dienone is 1. The van der Waals surface area contributed by atoms with Crippen LogP contribution >= 0.6 is 0 Å². The van der Waals surface area contributed by atoms with E-state index in [1.165, 1.54) is 25.7 Å². The number of amides is 1. The van der Waals surface area contributed by atoms with Crippen LogP contribution in [0.1, 0.15) is 38.2 Å². The van der Waals surface area contributed by atoms with E-state index in [0.717, 1.165) is 17.2 Å². The van der Waals surface area contributed by atoms with Crippen molar-refractivity contribution < 1.29 is 4.79 Å². The number of carbonyl (C=O) groups is 1. The number of hydrogen-bond donors (Lipinski definition) is 2. The number of nitrogens with zero attached hydrogens (tertiary/aromatic N) is 4. The molecule has 7 heteroatoms. The van der Waals surface area contributed by atoms with E-state index >= 15 is 0 Å². The van der Waals surface area contributed by atoms with Crippen molar-refractivity contribution in [3.63, 3.8) is 0 Å². The SMILES string of the molecule is CCNC(=O)CN1CC=CC(c2cnc(NC34CCC3CC4)nc2)=N1. The maximum absolute atomic E-state index is 11.7. The number of fused-ring (bicyclic) bond motifs is 1. The first-order valence-corrected chi connectivity index (χ1v) is 9.06. The predicted octanol–water partition coefficient (Wildman–Crippen LogP) is 1.54. The third-order valence-corrected chi connectivity index (χ3v) is 5.51. The highest BCUT2D eigenvalue weighted by Crippen LogP contribution is 2.55. The van der Waals surface area contributed by atoms with Crippen molar-refractivity contribution in [2.45, 2.75) is 38.1 Å². The van der Waals surface area contributed by atoms with Crippen molar-refractivity contribution in [2.24, 2.45) is 11.0 Å². The molecule has 132 valence electrons. The highest BCUT2D eigenvalue weighted by molar-refractivity contribution is 6.08. The van der Waals surface area contributed by atoms with Crippen LogP contribution in [0.4, 0.5) is 5.95 Å². The largest absolute Gasteiger partial charge is 0.355 e. The van der Waals surface area contributed by atoms with Crippen LogP contribution in [0.15, 0.2) is 29.6 Å². The quantitative estimate of drug-likeness (QED) is 0.821. The zero-order chi connectivity index (χ0) is 17.3. The Morgan fingerprint density at radius 2 is 2.08 bits per heavy atom. The standard InChI is InChI=1S/C18H24N6O/c1-2-19-16(25)12-24-9-3-4-15(23-24)13-10-20-17(21-11-13)22-18-7-5-14(18)6-8-18/h3-4,10-11,14H,2,5-9,12H2,1H3,(H,19,25)(H,20,21,22). The molecule has 0 spiro atoms. The van der Waals surface area contributed by atoms with Gasteiger partial charge < -0.3 is 10.6 Å². The molecule has 2 fully saturated rings. The number of anilines is 1. The Bertz CT molecular complexity index is 703. The van der Waals surface area contributed by atoms with Crippen LogP contribution in [0.25, 0.3) is 0 Å². The van der Waals surface area contributed by atoms with Crippen LogP contribution in [0.3, 0.4) is 0 Å². The van der Waals surface area contributed by atoms with Crippen molar-refractivity contribution in [3.05, 3.63) is 30.1 Å². The van der Waals surface area contributed by atoms with Gasteiger partial charge in [-0.15, -0.1) is 0 Å². The topological polar surface area (TPSA) is 82.5 Å². The fourth-order valence-corrected chi connectivity index (χ4v) is 3.82. The molecule has 7 nitrogen and oxygen atoms in total. The third-order valence-electron chi connectivity index (χ3n) is 5.51. The summed E-state index contributed by atoms with van der Waals surface area (Å²) in [5, 5.41) is 12.6. The molecular weight excluding hydrogens is 316 g/mol. The van der Waals surface area contributed by atoms with Gasteiger partial charge in [0.05, 0.1) is 12.3 Å². The van der Waals surface area contributed by atoms with E-state index in [0.29, 0.717) is 19.0 Å². The van der Waals surface area contributed by atoms with Crippen molar-refractivity contribution in [1.29, 1.82) is 0 Å². The second-order valence-electron chi connectivity index (χ2n) is 7.04. The molecule has 0 atom stereocenters. The molecule has 0 unspecified atom stereocenters. The highest BCUT2D eigenvalue weighted by Gasteiger charge is 2.53. The molecule has 2 N–H and O–H groups in total. The van der Waals surface area contributed by atoms with Gasteiger partial charge in [-0.05, 0) is 44.6 Å². The Kier molecular flexibility index (Phi) is 4.15. The summed E-state index contributed by atoms with van der Waals surface area (Å²) in [4.78, 5) is 20.7. The minimum Gasteiger partial charge on any atom is -0.355 e. The van der Waals surface area contributed by atoms with Gasteiger partial charge in [-0.1, -0.05) is 6.08 Å². The van der Waals surface area contributed by atoms with E-state index in [2.05, 4.69) is 25.7 Å². The van der Waals surface area contributed by atoms with Crippen LogP contribution in [0.2, 0.25) is 0 Å². The Balaban J connectivity index is 1.41. The second-order valence-corrected chi connectivity index (χ2v) is 7.04. The fraction of sp³-hybridized carbons (Fsp3) is 0.556. The summed E-state index contributed by atoms with van der Waals surface area (Å²) in [6, 6.07) is 0. The second kappa shape index (κ2) is 6.46. The summed E-state index contributed by atoms with van der Waals surface area (Å²) in [7, 11) is 0. The van der Waals surface area contributed by atoms with E-state index in [9.17, 15) is 4.79 Å². The Morgan fingerprint density at radius 3 is 2.68 bits per heavy atom. The van der Waals surface area contributed by atoms with E-state index < -0.39 is 0 Å². The van der Waals surface area contributed by atoms with Crippen LogP contribution in [-0.4, -0.2) is 51.8 Å². The van der Waals surface area contributed by atoms with Gasteiger partial charge in [0, 0.05) is 30.0 Å². The lowest BCUT2D eigenvalue weighted by molar-refractivity contribution is -0.122. The maximum atomic E-state index is 11.7. The Labute approximate surface area is 147 Å². The highest BCUT2D eigenvalue weighted by atomic mass is 16.2. The third kappa shape index (κ3) is 3.10. The zero-order valence-electron chi connectivity index (χ0n) is 14.5. The molecule has 25 heavy (non-hydrogen) atoms. The van der Waals surface area contributed by atoms with Crippen molar-refractivity contribution in [2.75, 3.05) is 25.0 Å². The lowest BCUT2D eigenvalue weighted by atomic mass is 9.53. The lowest BCUT2D eigenvalue weighted by Gasteiger charge is -2.58. The molecule has 2 heterocycles. The number of hydrogen-bond acceptors (Lipinski definition) is 6. The predicted molar refractivity (Wildman–Crippen MR) is 96.3 cm³/mol. The normalized spacial score (nSPS) is 26.8. The molecule has 2 aliphatic carbocycles. The van der Waals surface area contributed by atoms with Gasteiger partial charge in [0.25, 0.3) is 0 Å². The number of likely N-dealkylation sites (N-methyl/N-ethyl adjacent to an activating group) is 1. The van der Waals surface area contributed by atoms with Gasteiger partial charge >= 0.3 is 0 Å². The van der Waals surface area contributed by atoms with Crippen molar-refractivity contribution in [3.8, 4) is 0 Å². The van der Waals surface area contributed by atoms with Gasteiger partial charge in [-0.3, -0.25) is 9.80 Å². The Morgan fingerprint density at radius 1 is 1.32 bits per heavy atom. The van der Waals surface area contributed by atoms with Gasteiger partial charge in [-0.25, -0.2) is 9.97 Å². The number of hydrazone groups is 1. The van der Waals surface area contributed by atoms with Gasteiger partial charge in [-0.2, -0.15) is 5.10 Å². The first-order valence-electron chi connectivity index (χ1n) is 9.06. The molecule has 0 bridgehead atoms. The Hall–Kier alpha value is -2.44. The van der Waals surface area contributed by atoms with E-state index in [1.54, 1.807) is 17.4 Å². The van der Waals surface area contributed by atoms with Gasteiger partial charge in [0.15, 0.2) is 0 Å². The van der Waals surface area contributed by atoms with E-state index in [1.807, 2.05) is 19.1 Å². The maximum Gasteiger partial charge on any atom is 0.241 e. The molecule has 2 saturated carbocycles. The molecule has 0 radical (unpaired) electrons. The van der Waals surface area contributed by atoms with Crippen LogP contribution in [0, 0.1) is 5.92 Å². The summed E-state index contributed by atoms with van der Waals surface area (Å²) in [6.45, 7) is 3.42. The summed E-state index contributed by atoms with van der Waals surface area (Å²) in [6.07, 6.45) is 12.7. The van der Waals surface area contributed by atoms with Crippen LogP contribution in [0.5, 0.6) is 0 Å². The zero-order valence-corrected chi connectivity index (χ0v) is 14.5. The molecule has 1 aliphatic heterocycles. The molecule has 0 saturated heterocycles. The van der Waals surface area contributed by atoms with Gasteiger partial charge in [0.2, 0.25) is 11.9 Å². The molecular formula is C18H24N6O. The minimum atomic E-state index is -0.0218. The summed E-state index contributed by atoms with van der Waals surface area (Å²) < 4.78 is 0. The lowest BCUT2D eigenvalue weighted by Crippen LogP contribution is -2.60. The van der Waals surface area contributed by atoms with E-state index in [4.69, 9.17) is 0 Å². The number of carbonyl (C=O) groups excluding carboxylic acids is 1. The fourth-order valence-electron chi connectivity index (χ4n) is 3.82. The summed E-state index contributed by atoms with van der Waals surface area (Å²) in [5.74, 6) is 1.49. The number of aromatic nitrogens is 2. The molecule has 1 aromatic heterocycles. The smallest absolute Gasteiger partial charge is 0.241 e. The van der Waals surface area contributed by atoms with Gasteiger partial charge in [0.1, 0.15) is 6.54 Å². The number of nitrogens with one attached hydrogen (secondary N) is 2. The average Bonchev–Trinajstić information content (AvgIpc) is 2.61. The molecule has 3 aliphatic rings. The first-order chi connectivity index (χ1) is 12.2.